The number of nitrogen functional groups attached to an aromatic ring is 1. The Kier molecular flexibility index (Phi) is 5.36. The highest BCUT2D eigenvalue weighted by Crippen LogP contribution is 2.24. The van der Waals surface area contributed by atoms with E-state index in [9.17, 15) is 18.0 Å². The van der Waals surface area contributed by atoms with Crippen molar-refractivity contribution in [1.29, 1.82) is 0 Å². The first-order valence-electron chi connectivity index (χ1n) is 5.72. The predicted molar refractivity (Wildman–Crippen MR) is 74.9 cm³/mol. The van der Waals surface area contributed by atoms with Gasteiger partial charge < -0.3 is 15.6 Å². The summed E-state index contributed by atoms with van der Waals surface area (Å²) in [6.45, 7) is -0.393. The number of carboxylic acid groups (broad SMARTS) is 1. The number of ether oxygens (including phenoxy) is 1. The number of anilines is 2. The molecule has 0 heterocycles. The van der Waals surface area contributed by atoms with Crippen LogP contribution in [0.15, 0.2) is 24.3 Å². The zero-order valence-corrected chi connectivity index (χ0v) is 12.0. The average molecular weight is 317 g/mol. The number of para-hydroxylation sites is 2. The molecule has 0 unspecified atom stereocenters. The molecule has 0 aromatic heterocycles. The van der Waals surface area contributed by atoms with Crippen molar-refractivity contribution in [3.63, 3.8) is 0 Å². The third-order valence-corrected chi connectivity index (χ3v) is 3.81. The van der Waals surface area contributed by atoms with Crippen LogP contribution in [0.4, 0.5) is 16.2 Å². The van der Waals surface area contributed by atoms with Gasteiger partial charge in [-0.2, -0.15) is 8.42 Å². The van der Waals surface area contributed by atoms with Crippen LogP contribution >= 0.6 is 0 Å². The highest BCUT2D eigenvalue weighted by Gasteiger charge is 2.26. The van der Waals surface area contributed by atoms with Gasteiger partial charge in [0.1, 0.15) is 0 Å². The number of hydrogen-bond acceptors (Lipinski definition) is 6. The summed E-state index contributed by atoms with van der Waals surface area (Å²) in [5, 5.41) is 8.71. The van der Waals surface area contributed by atoms with Crippen LogP contribution in [-0.4, -0.2) is 39.2 Å². The van der Waals surface area contributed by atoms with Crippen LogP contribution in [-0.2, 0) is 19.7 Å². The Balaban J connectivity index is 3.16. The van der Waals surface area contributed by atoms with Crippen LogP contribution in [0.25, 0.3) is 0 Å². The van der Waals surface area contributed by atoms with Gasteiger partial charge in [0, 0.05) is 6.54 Å². The van der Waals surface area contributed by atoms with Crippen molar-refractivity contribution in [1.82, 2.24) is 4.72 Å². The molecule has 0 aliphatic rings. The number of benzene rings is 1. The monoisotopic (exact) mass is 317 g/mol. The minimum Gasteiger partial charge on any atom is -0.481 e. The van der Waals surface area contributed by atoms with Gasteiger partial charge in [0.05, 0.1) is 24.9 Å². The van der Waals surface area contributed by atoms with Crippen molar-refractivity contribution in [2.75, 3.05) is 23.7 Å². The highest BCUT2D eigenvalue weighted by molar-refractivity contribution is 7.91. The van der Waals surface area contributed by atoms with E-state index < -0.39 is 35.2 Å². The van der Waals surface area contributed by atoms with Gasteiger partial charge in [-0.1, -0.05) is 12.1 Å². The molecule has 1 rings (SSSR count). The van der Waals surface area contributed by atoms with Crippen molar-refractivity contribution >= 4 is 33.6 Å². The zero-order valence-electron chi connectivity index (χ0n) is 11.1. The van der Waals surface area contributed by atoms with Gasteiger partial charge in [-0.15, -0.1) is 0 Å². The number of methoxy groups -OCH3 is 1. The van der Waals surface area contributed by atoms with E-state index >= 15 is 0 Å². The summed E-state index contributed by atoms with van der Waals surface area (Å²) >= 11 is 0. The number of carbonyl (C=O) groups excluding carboxylic acids is 1. The van der Waals surface area contributed by atoms with Crippen LogP contribution in [0.2, 0.25) is 0 Å². The molecule has 116 valence electrons. The summed E-state index contributed by atoms with van der Waals surface area (Å²) in [5.74, 6) is -1.19. The quantitative estimate of drug-likeness (QED) is 0.634. The average Bonchev–Trinajstić information content (AvgIpc) is 2.39. The minimum absolute atomic E-state index is 0.0650. The molecule has 1 aromatic carbocycles. The fourth-order valence-electron chi connectivity index (χ4n) is 1.48. The molecule has 0 atom stereocenters. The topological polar surface area (TPSA) is 139 Å². The van der Waals surface area contributed by atoms with Crippen LogP contribution in [0.5, 0.6) is 0 Å². The number of nitrogens with one attached hydrogen (secondary N) is 1. The summed E-state index contributed by atoms with van der Waals surface area (Å²) in [5.41, 5.74) is 5.88. The van der Waals surface area contributed by atoms with Crippen LogP contribution < -0.4 is 14.8 Å². The third-order valence-electron chi connectivity index (χ3n) is 2.42. The first-order chi connectivity index (χ1) is 9.77. The van der Waals surface area contributed by atoms with Gasteiger partial charge >= 0.3 is 22.3 Å². The molecular weight excluding hydrogens is 302 g/mol. The van der Waals surface area contributed by atoms with Crippen molar-refractivity contribution in [2.45, 2.75) is 6.42 Å². The minimum atomic E-state index is -4.34. The second-order valence-electron chi connectivity index (χ2n) is 3.87. The van der Waals surface area contributed by atoms with E-state index in [-0.39, 0.29) is 11.4 Å². The molecule has 1 amide bonds. The Hall–Kier alpha value is -2.49. The van der Waals surface area contributed by atoms with Gasteiger partial charge in [-0.3, -0.25) is 9.10 Å². The molecule has 0 spiro atoms. The molecular formula is C11H15N3O6S. The molecule has 21 heavy (non-hydrogen) atoms. The number of carboxylic acids is 1. The first kappa shape index (κ1) is 16.6. The zero-order chi connectivity index (χ0) is 16.0. The maximum atomic E-state index is 12.1. The predicted octanol–water partition coefficient (Wildman–Crippen LogP) is 0.151. The fraction of sp³-hybridized carbons (Fsp3) is 0.273. The lowest BCUT2D eigenvalue weighted by atomic mass is 10.2. The normalized spacial score (nSPS) is 10.7. The van der Waals surface area contributed by atoms with Gasteiger partial charge in [0.2, 0.25) is 0 Å². The maximum Gasteiger partial charge on any atom is 0.422 e. The lowest BCUT2D eigenvalue weighted by Gasteiger charge is -2.24. The van der Waals surface area contributed by atoms with Crippen molar-refractivity contribution in [2.24, 2.45) is 0 Å². The lowest BCUT2D eigenvalue weighted by Crippen LogP contribution is -2.44. The number of carbonyl (C=O) groups is 2. The van der Waals surface area contributed by atoms with E-state index in [0.717, 1.165) is 7.11 Å². The summed E-state index contributed by atoms with van der Waals surface area (Å²) in [6.07, 6.45) is -1.65. The standard InChI is InChI=1S/C11H15N3O6S/c1-20-11(17)13-21(18,19)14(7-6-10(15)16)9-5-3-2-4-8(9)12/h2-5H,6-7,12H2,1H3,(H,13,17)(H,15,16). The Bertz CT molecular complexity index is 631. The Morgan fingerprint density at radius 3 is 2.52 bits per heavy atom. The number of amides is 1. The van der Waals surface area contributed by atoms with Gasteiger partial charge in [0.25, 0.3) is 0 Å². The van der Waals surface area contributed by atoms with E-state index in [1.807, 2.05) is 0 Å². The van der Waals surface area contributed by atoms with E-state index in [4.69, 9.17) is 10.8 Å². The van der Waals surface area contributed by atoms with Gasteiger partial charge in [-0.25, -0.2) is 9.52 Å². The number of hydrogen-bond donors (Lipinski definition) is 3. The number of aliphatic carboxylic acids is 1. The van der Waals surface area contributed by atoms with E-state index in [1.54, 1.807) is 10.8 Å². The molecule has 9 nitrogen and oxygen atoms in total. The highest BCUT2D eigenvalue weighted by atomic mass is 32.2. The molecule has 0 aliphatic carbocycles. The fourth-order valence-corrected chi connectivity index (χ4v) is 2.65. The molecule has 4 N–H and O–H groups in total. The third kappa shape index (κ3) is 4.53. The summed E-state index contributed by atoms with van der Waals surface area (Å²) in [4.78, 5) is 21.8. The van der Waals surface area contributed by atoms with Crippen molar-refractivity contribution in [3.05, 3.63) is 24.3 Å². The lowest BCUT2D eigenvalue weighted by molar-refractivity contribution is -0.136. The molecule has 0 saturated heterocycles. The molecule has 0 aliphatic heterocycles. The largest absolute Gasteiger partial charge is 0.481 e. The maximum absolute atomic E-state index is 12.1. The SMILES string of the molecule is COC(=O)NS(=O)(=O)N(CCC(=O)O)c1ccccc1N. The van der Waals surface area contributed by atoms with Crippen LogP contribution in [0.1, 0.15) is 6.42 Å². The van der Waals surface area contributed by atoms with E-state index in [1.165, 1.54) is 18.2 Å². The van der Waals surface area contributed by atoms with Crippen molar-refractivity contribution < 1.29 is 27.9 Å². The van der Waals surface area contributed by atoms with Gasteiger partial charge in [0.15, 0.2) is 0 Å². The molecule has 0 saturated carbocycles. The molecule has 0 bridgehead atoms. The number of nitrogens with two attached hydrogens (primary N) is 1. The number of rotatable bonds is 6. The molecule has 0 radical (unpaired) electrons. The van der Waals surface area contributed by atoms with Gasteiger partial charge in [-0.05, 0) is 12.1 Å². The summed E-state index contributed by atoms with van der Waals surface area (Å²) in [6, 6.07) is 5.98. The number of nitrogens with zero attached hydrogens (tertiary/aromatic N) is 1. The van der Waals surface area contributed by atoms with E-state index in [0.29, 0.717) is 4.31 Å². The van der Waals surface area contributed by atoms with E-state index in [2.05, 4.69) is 4.74 Å². The second-order valence-corrected chi connectivity index (χ2v) is 5.47. The Labute approximate surface area is 121 Å². The Morgan fingerprint density at radius 2 is 2.00 bits per heavy atom. The molecule has 0 fully saturated rings. The molecule has 1 aromatic rings. The summed E-state index contributed by atoms with van der Waals surface area (Å²) in [7, 11) is -3.34. The Morgan fingerprint density at radius 1 is 1.38 bits per heavy atom. The van der Waals surface area contributed by atoms with Crippen LogP contribution in [0.3, 0.4) is 0 Å². The van der Waals surface area contributed by atoms with Crippen LogP contribution in [0, 0.1) is 0 Å². The summed E-state index contributed by atoms with van der Waals surface area (Å²) < 4.78 is 30.8. The van der Waals surface area contributed by atoms with Crippen molar-refractivity contribution in [3.8, 4) is 0 Å². The second kappa shape index (κ2) is 6.79. The molecule has 10 heteroatoms. The first-order valence-corrected chi connectivity index (χ1v) is 7.16. The smallest absolute Gasteiger partial charge is 0.422 e.